The van der Waals surface area contributed by atoms with Gasteiger partial charge in [-0.05, 0) is 76.4 Å². The summed E-state index contributed by atoms with van der Waals surface area (Å²) in [4.78, 5) is 0. The second kappa shape index (κ2) is 6.60. The third-order valence-corrected chi connectivity index (χ3v) is 6.99. The Morgan fingerprint density at radius 1 is 0.700 bits per heavy atom. The highest BCUT2D eigenvalue weighted by atomic mass is 14.9. The lowest BCUT2D eigenvalue weighted by atomic mass is 9.91. The van der Waals surface area contributed by atoms with Gasteiger partial charge in [-0.2, -0.15) is 0 Å². The first-order chi connectivity index (χ1) is 14.7. The molecule has 30 heavy (non-hydrogen) atoms. The fraction of sp³-hybridized carbons (Fsp3) is 0.172. The van der Waals surface area contributed by atoms with Crippen molar-refractivity contribution < 1.29 is 0 Å². The highest BCUT2D eigenvalue weighted by Gasteiger charge is 2.19. The van der Waals surface area contributed by atoms with E-state index in [1.807, 2.05) is 0 Å². The van der Waals surface area contributed by atoms with Gasteiger partial charge in [0.05, 0.1) is 0 Å². The number of hydrogen-bond donors (Lipinski definition) is 0. The van der Waals surface area contributed by atoms with Crippen LogP contribution in [0.3, 0.4) is 0 Å². The van der Waals surface area contributed by atoms with E-state index in [0.717, 1.165) is 6.42 Å². The van der Waals surface area contributed by atoms with Crippen molar-refractivity contribution in [1.29, 1.82) is 0 Å². The summed E-state index contributed by atoms with van der Waals surface area (Å²) in [5.74, 6) is 0.601. The molecule has 0 saturated heterocycles. The molecule has 0 fully saturated rings. The summed E-state index contributed by atoms with van der Waals surface area (Å²) in [5.41, 5.74) is 10.9. The molecule has 1 aromatic heterocycles. The number of fused-ring (bicyclic) bond motifs is 6. The normalized spacial score (nSPS) is 15.7. The van der Waals surface area contributed by atoms with Gasteiger partial charge in [-0.1, -0.05) is 67.6 Å². The van der Waals surface area contributed by atoms with Crippen molar-refractivity contribution >= 4 is 21.8 Å². The number of benzene rings is 4. The maximum atomic E-state index is 2.42. The molecular formula is C29H25N. The number of aromatic nitrogens is 1. The lowest BCUT2D eigenvalue weighted by molar-refractivity contribution is 0.689. The van der Waals surface area contributed by atoms with E-state index in [9.17, 15) is 0 Å². The predicted molar refractivity (Wildman–Crippen MR) is 128 cm³/mol. The maximum Gasteiger partial charge on any atom is 0.0489 e. The molecule has 1 heteroatoms. The number of rotatable bonds is 1. The number of nitrogens with zero attached hydrogens (tertiary/aromatic N) is 1. The molecule has 0 amide bonds. The topological polar surface area (TPSA) is 4.93 Å². The van der Waals surface area contributed by atoms with Crippen LogP contribution in [0.25, 0.3) is 44.1 Å². The maximum absolute atomic E-state index is 2.42. The molecule has 0 radical (unpaired) electrons. The quantitative estimate of drug-likeness (QED) is 0.277. The lowest BCUT2D eigenvalue weighted by Crippen LogP contribution is -1.93. The zero-order chi connectivity index (χ0) is 20.2. The van der Waals surface area contributed by atoms with Crippen molar-refractivity contribution in [2.24, 2.45) is 7.05 Å². The summed E-state index contributed by atoms with van der Waals surface area (Å²) in [7, 11) is 2.16. The van der Waals surface area contributed by atoms with Crippen molar-refractivity contribution in [3.63, 3.8) is 0 Å². The van der Waals surface area contributed by atoms with Crippen LogP contribution in [0.15, 0.2) is 84.9 Å². The predicted octanol–water partition coefficient (Wildman–Crippen LogP) is 7.72. The van der Waals surface area contributed by atoms with Crippen LogP contribution in [-0.2, 0) is 13.5 Å². The monoisotopic (exact) mass is 387 g/mol. The van der Waals surface area contributed by atoms with Crippen molar-refractivity contribution in [1.82, 2.24) is 4.57 Å². The molecule has 0 N–H and O–H groups in total. The van der Waals surface area contributed by atoms with Gasteiger partial charge < -0.3 is 4.57 Å². The molecule has 0 spiro atoms. The van der Waals surface area contributed by atoms with Crippen molar-refractivity contribution in [2.45, 2.75) is 25.7 Å². The molecular weight excluding hydrogens is 362 g/mol. The van der Waals surface area contributed by atoms with E-state index in [1.54, 1.807) is 0 Å². The van der Waals surface area contributed by atoms with Crippen LogP contribution >= 0.6 is 0 Å². The van der Waals surface area contributed by atoms with E-state index in [4.69, 9.17) is 0 Å². The standard InChI is InChI=1S/C29H25N/c1-19-11-12-20-13-14-21(17-26(20)24-8-4-3-7-23(19)24)22-15-16-29-27(18-22)25-9-5-6-10-28(25)30(29)2/h3-10,13-19H,11-12H2,1-2H3. The molecule has 0 bridgehead atoms. The van der Waals surface area contributed by atoms with Crippen LogP contribution in [0.5, 0.6) is 0 Å². The summed E-state index contributed by atoms with van der Waals surface area (Å²) < 4.78 is 2.29. The molecule has 1 aliphatic carbocycles. The van der Waals surface area contributed by atoms with Gasteiger partial charge in [0.15, 0.2) is 0 Å². The molecule has 5 aromatic rings. The van der Waals surface area contributed by atoms with E-state index in [1.165, 1.54) is 61.6 Å². The molecule has 6 rings (SSSR count). The van der Waals surface area contributed by atoms with Gasteiger partial charge in [0.2, 0.25) is 0 Å². The van der Waals surface area contributed by atoms with Gasteiger partial charge in [-0.25, -0.2) is 0 Å². The van der Waals surface area contributed by atoms with Crippen molar-refractivity contribution in [3.05, 3.63) is 96.1 Å². The largest absolute Gasteiger partial charge is 0.344 e. The molecule has 1 aliphatic rings. The third kappa shape index (κ3) is 2.55. The summed E-state index contributed by atoms with van der Waals surface area (Å²) >= 11 is 0. The Hall–Kier alpha value is -3.32. The van der Waals surface area contributed by atoms with Crippen LogP contribution < -0.4 is 0 Å². The molecule has 1 heterocycles. The first-order valence-electron chi connectivity index (χ1n) is 10.9. The average Bonchev–Trinajstić information content (AvgIpc) is 3.00. The number of hydrogen-bond acceptors (Lipinski definition) is 0. The van der Waals surface area contributed by atoms with E-state index in [-0.39, 0.29) is 0 Å². The first kappa shape index (κ1) is 17.5. The van der Waals surface area contributed by atoms with Crippen LogP contribution in [0.4, 0.5) is 0 Å². The Morgan fingerprint density at radius 2 is 1.43 bits per heavy atom. The zero-order valence-corrected chi connectivity index (χ0v) is 17.5. The Morgan fingerprint density at radius 3 is 2.37 bits per heavy atom. The van der Waals surface area contributed by atoms with Gasteiger partial charge in [0.1, 0.15) is 0 Å². The molecule has 1 atom stereocenters. The van der Waals surface area contributed by atoms with Crippen molar-refractivity contribution in [3.8, 4) is 22.3 Å². The summed E-state index contributed by atoms with van der Waals surface area (Å²) in [6, 6.07) is 31.6. The molecule has 0 aliphatic heterocycles. The lowest BCUT2D eigenvalue weighted by Gasteiger charge is -2.14. The zero-order valence-electron chi connectivity index (χ0n) is 17.5. The highest BCUT2D eigenvalue weighted by Crippen LogP contribution is 2.40. The second-order valence-electron chi connectivity index (χ2n) is 8.71. The molecule has 1 unspecified atom stereocenters. The Kier molecular flexibility index (Phi) is 3.86. The second-order valence-corrected chi connectivity index (χ2v) is 8.71. The van der Waals surface area contributed by atoms with E-state index >= 15 is 0 Å². The third-order valence-electron chi connectivity index (χ3n) is 6.99. The summed E-state index contributed by atoms with van der Waals surface area (Å²) in [6.45, 7) is 2.36. The molecule has 4 aromatic carbocycles. The van der Waals surface area contributed by atoms with Gasteiger partial charge in [-0.3, -0.25) is 0 Å². The van der Waals surface area contributed by atoms with Crippen LogP contribution in [0.2, 0.25) is 0 Å². The smallest absolute Gasteiger partial charge is 0.0489 e. The Balaban J connectivity index is 1.56. The van der Waals surface area contributed by atoms with Crippen LogP contribution in [-0.4, -0.2) is 4.57 Å². The van der Waals surface area contributed by atoms with Gasteiger partial charge >= 0.3 is 0 Å². The van der Waals surface area contributed by atoms with Crippen LogP contribution in [0.1, 0.15) is 30.4 Å². The van der Waals surface area contributed by atoms with E-state index in [0.29, 0.717) is 5.92 Å². The number of aryl methyl sites for hydroxylation is 2. The molecule has 146 valence electrons. The summed E-state index contributed by atoms with van der Waals surface area (Å²) in [6.07, 6.45) is 2.36. The van der Waals surface area contributed by atoms with Crippen LogP contribution in [0, 0.1) is 0 Å². The molecule has 1 nitrogen and oxygen atoms in total. The first-order valence-corrected chi connectivity index (χ1v) is 10.9. The fourth-order valence-corrected chi connectivity index (χ4v) is 5.27. The minimum atomic E-state index is 0.601. The fourth-order valence-electron chi connectivity index (χ4n) is 5.27. The Labute approximate surface area is 177 Å². The minimum Gasteiger partial charge on any atom is -0.344 e. The highest BCUT2D eigenvalue weighted by molar-refractivity contribution is 6.09. The van der Waals surface area contributed by atoms with E-state index < -0.39 is 0 Å². The Bertz CT molecular complexity index is 1420. The number of para-hydroxylation sites is 1. The molecule has 0 saturated carbocycles. The minimum absolute atomic E-state index is 0.601. The van der Waals surface area contributed by atoms with Gasteiger partial charge in [0.25, 0.3) is 0 Å². The van der Waals surface area contributed by atoms with Gasteiger partial charge in [-0.15, -0.1) is 0 Å². The van der Waals surface area contributed by atoms with Gasteiger partial charge in [0, 0.05) is 28.9 Å². The van der Waals surface area contributed by atoms with E-state index in [2.05, 4.69) is 103 Å². The average molecular weight is 388 g/mol. The van der Waals surface area contributed by atoms with Crippen molar-refractivity contribution in [2.75, 3.05) is 0 Å². The summed E-state index contributed by atoms with van der Waals surface area (Å²) in [5, 5.41) is 2.65. The SMILES string of the molecule is CC1CCc2ccc(-c3ccc4c(c3)c3ccccc3n4C)cc2-c2ccccc21.